The van der Waals surface area contributed by atoms with Gasteiger partial charge in [-0.15, -0.1) is 0 Å². The van der Waals surface area contributed by atoms with Crippen molar-refractivity contribution in [1.29, 1.82) is 0 Å². The first kappa shape index (κ1) is 31.9. The Bertz CT molecular complexity index is 513. The van der Waals surface area contributed by atoms with Gasteiger partial charge in [0.1, 0.15) is 0 Å². The molecule has 0 amide bonds. The summed E-state index contributed by atoms with van der Waals surface area (Å²) in [6.45, 7) is 34.8. The highest BCUT2D eigenvalue weighted by molar-refractivity contribution is 6.71. The fourth-order valence-corrected chi connectivity index (χ4v) is 7.79. The molecule has 10 heteroatoms. The van der Waals surface area contributed by atoms with Crippen LogP contribution in [0.2, 0.25) is 98.2 Å². The maximum absolute atomic E-state index is 6.83. The van der Waals surface area contributed by atoms with E-state index in [0.717, 1.165) is 6.42 Å². The van der Waals surface area contributed by atoms with Crippen molar-refractivity contribution in [3.8, 4) is 0 Å². The smallest absolute Gasteiger partial charge is 0.184 e. The summed E-state index contributed by atoms with van der Waals surface area (Å²) in [5.74, 6) is 0. The van der Waals surface area contributed by atoms with E-state index in [1.807, 2.05) is 0 Å². The molecule has 0 aromatic heterocycles. The summed E-state index contributed by atoms with van der Waals surface area (Å²) in [6, 6.07) is 0. The van der Waals surface area contributed by atoms with Crippen LogP contribution in [0.5, 0.6) is 0 Å². The summed E-state index contributed by atoms with van der Waals surface area (Å²) >= 11 is 0. The van der Waals surface area contributed by atoms with Crippen LogP contribution in [0.15, 0.2) is 0 Å². The molecule has 0 aromatic rings. The molecule has 0 N–H and O–H groups in total. The fraction of sp³-hybridized carbons (Fsp3) is 1.00. The van der Waals surface area contributed by atoms with Gasteiger partial charge in [0.15, 0.2) is 41.6 Å². The lowest BCUT2D eigenvalue weighted by molar-refractivity contribution is -0.0551. The van der Waals surface area contributed by atoms with Gasteiger partial charge in [0, 0.05) is 6.61 Å². The first-order valence-corrected chi connectivity index (χ1v) is 28.8. The van der Waals surface area contributed by atoms with Crippen LogP contribution in [0, 0.1) is 0 Å². The van der Waals surface area contributed by atoms with Crippen LogP contribution in [0.25, 0.3) is 0 Å². The van der Waals surface area contributed by atoms with Crippen LogP contribution in [0.4, 0.5) is 0 Å². The standard InChI is InChI=1S/C21H54O5Si5/c1-27(2,3)22-17-16-19(24-29(7,8)9)21(26-31(13,14)15)20(25-30(10,11)12)18-23-28(4,5)6/h19-21H,16-18H2,1-15H3. The highest BCUT2D eigenvalue weighted by Gasteiger charge is 2.40. The minimum absolute atomic E-state index is 0.0543. The Hall–Kier alpha value is 0.884. The molecule has 3 unspecified atom stereocenters. The van der Waals surface area contributed by atoms with Gasteiger partial charge >= 0.3 is 0 Å². The first-order valence-electron chi connectivity index (χ1n) is 11.8. The van der Waals surface area contributed by atoms with Crippen LogP contribution in [-0.4, -0.2) is 73.1 Å². The zero-order valence-corrected chi connectivity index (χ0v) is 28.4. The van der Waals surface area contributed by atoms with Crippen LogP contribution < -0.4 is 0 Å². The van der Waals surface area contributed by atoms with E-state index in [1.54, 1.807) is 0 Å². The lowest BCUT2D eigenvalue weighted by Crippen LogP contribution is -2.55. The summed E-state index contributed by atoms with van der Waals surface area (Å²) in [4.78, 5) is 0. The predicted molar refractivity (Wildman–Crippen MR) is 148 cm³/mol. The zero-order valence-electron chi connectivity index (χ0n) is 23.4. The summed E-state index contributed by atoms with van der Waals surface area (Å²) in [6.07, 6.45) is 0.494. The van der Waals surface area contributed by atoms with E-state index in [9.17, 15) is 0 Å². The van der Waals surface area contributed by atoms with E-state index in [2.05, 4.69) is 98.2 Å². The summed E-state index contributed by atoms with van der Waals surface area (Å²) in [5.41, 5.74) is 0. The number of rotatable bonds is 15. The largest absolute Gasteiger partial charge is 0.418 e. The Kier molecular flexibility index (Phi) is 12.4. The third-order valence-corrected chi connectivity index (χ3v) is 8.95. The molecule has 31 heavy (non-hydrogen) atoms. The van der Waals surface area contributed by atoms with Crippen molar-refractivity contribution in [2.24, 2.45) is 0 Å². The molecule has 5 nitrogen and oxygen atoms in total. The van der Waals surface area contributed by atoms with Crippen LogP contribution >= 0.6 is 0 Å². The zero-order chi connectivity index (χ0) is 24.9. The summed E-state index contributed by atoms with van der Waals surface area (Å²) in [7, 11) is -8.76. The summed E-state index contributed by atoms with van der Waals surface area (Å²) in [5, 5.41) is 0. The van der Waals surface area contributed by atoms with Gasteiger partial charge in [-0.2, -0.15) is 0 Å². The number of hydrogen-bond acceptors (Lipinski definition) is 5. The van der Waals surface area contributed by atoms with Crippen LogP contribution in [-0.2, 0) is 22.1 Å². The molecule has 0 aromatic carbocycles. The molecule has 188 valence electrons. The van der Waals surface area contributed by atoms with Gasteiger partial charge in [-0.3, -0.25) is 0 Å². The fourth-order valence-electron chi connectivity index (χ4n) is 3.01. The molecule has 0 heterocycles. The Labute approximate surface area is 199 Å². The first-order chi connectivity index (χ1) is 13.5. The highest BCUT2D eigenvalue weighted by atomic mass is 28.4. The van der Waals surface area contributed by atoms with Gasteiger partial charge < -0.3 is 22.1 Å². The number of hydrogen-bond donors (Lipinski definition) is 0. The Balaban J connectivity index is 6.01. The van der Waals surface area contributed by atoms with Crippen molar-refractivity contribution in [3.63, 3.8) is 0 Å². The van der Waals surface area contributed by atoms with Crippen molar-refractivity contribution in [2.75, 3.05) is 13.2 Å². The van der Waals surface area contributed by atoms with Gasteiger partial charge in [-0.25, -0.2) is 0 Å². The van der Waals surface area contributed by atoms with E-state index in [4.69, 9.17) is 22.1 Å². The molecule has 0 saturated carbocycles. The SMILES string of the molecule is C[Si](C)(C)OCCC(O[Si](C)(C)C)C(O[Si](C)(C)C)C(CO[Si](C)(C)C)O[Si](C)(C)C. The molecule has 0 fully saturated rings. The van der Waals surface area contributed by atoms with Crippen molar-refractivity contribution >= 4 is 41.6 Å². The third-order valence-electron chi connectivity index (χ3n) is 3.85. The van der Waals surface area contributed by atoms with Crippen LogP contribution in [0.3, 0.4) is 0 Å². The molecule has 0 saturated heterocycles. The molecule has 0 bridgehead atoms. The summed E-state index contributed by atoms with van der Waals surface area (Å²) < 4.78 is 32.9. The second-order valence-electron chi connectivity index (χ2n) is 13.4. The Morgan fingerprint density at radius 3 is 1.19 bits per heavy atom. The maximum atomic E-state index is 6.83. The van der Waals surface area contributed by atoms with E-state index in [0.29, 0.717) is 13.2 Å². The molecule has 0 aliphatic rings. The minimum atomic E-state index is -1.85. The van der Waals surface area contributed by atoms with Crippen LogP contribution in [0.1, 0.15) is 6.42 Å². The molecule has 0 radical (unpaired) electrons. The predicted octanol–water partition coefficient (Wildman–Crippen LogP) is 6.74. The lowest BCUT2D eigenvalue weighted by Gasteiger charge is -2.42. The Morgan fingerprint density at radius 2 is 0.839 bits per heavy atom. The monoisotopic (exact) mass is 526 g/mol. The Morgan fingerprint density at radius 1 is 0.452 bits per heavy atom. The molecule has 3 atom stereocenters. The molecule has 0 aliphatic carbocycles. The van der Waals surface area contributed by atoms with E-state index in [-0.39, 0.29) is 18.3 Å². The highest BCUT2D eigenvalue weighted by Crippen LogP contribution is 2.26. The van der Waals surface area contributed by atoms with Crippen molar-refractivity contribution in [1.82, 2.24) is 0 Å². The quantitative estimate of drug-likeness (QED) is 0.221. The minimum Gasteiger partial charge on any atom is -0.418 e. The maximum Gasteiger partial charge on any atom is 0.184 e. The van der Waals surface area contributed by atoms with Gasteiger partial charge in [0.2, 0.25) is 0 Å². The average molecular weight is 527 g/mol. The van der Waals surface area contributed by atoms with E-state index in [1.165, 1.54) is 0 Å². The molecule has 0 rings (SSSR count). The molecular formula is C21H54O5Si5. The normalized spacial score (nSPS) is 17.5. The van der Waals surface area contributed by atoms with E-state index < -0.39 is 41.6 Å². The lowest BCUT2D eigenvalue weighted by atomic mass is 10.1. The van der Waals surface area contributed by atoms with Gasteiger partial charge in [0.25, 0.3) is 0 Å². The van der Waals surface area contributed by atoms with E-state index >= 15 is 0 Å². The van der Waals surface area contributed by atoms with Crippen molar-refractivity contribution in [2.45, 2.75) is 123 Å². The molecule has 0 spiro atoms. The molecule has 0 aliphatic heterocycles. The average Bonchev–Trinajstić information content (AvgIpc) is 2.42. The van der Waals surface area contributed by atoms with Crippen molar-refractivity contribution < 1.29 is 22.1 Å². The van der Waals surface area contributed by atoms with Crippen molar-refractivity contribution in [3.05, 3.63) is 0 Å². The second kappa shape index (κ2) is 12.0. The topological polar surface area (TPSA) is 46.2 Å². The van der Waals surface area contributed by atoms with Gasteiger partial charge in [0.05, 0.1) is 24.9 Å². The van der Waals surface area contributed by atoms with Gasteiger partial charge in [-0.05, 0) is 105 Å². The third kappa shape index (κ3) is 18.9. The molecular weight excluding hydrogens is 473 g/mol. The van der Waals surface area contributed by atoms with Gasteiger partial charge in [-0.1, -0.05) is 0 Å². The second-order valence-corrected chi connectivity index (χ2v) is 35.8.